The van der Waals surface area contributed by atoms with Crippen LogP contribution in [0.1, 0.15) is 100 Å². The second kappa shape index (κ2) is 19.3. The van der Waals surface area contributed by atoms with Crippen molar-refractivity contribution in [2.24, 2.45) is 5.92 Å². The molecular weight excluding hydrogens is 720 g/mol. The molecule has 3 heterocycles. The first-order valence-electron chi connectivity index (χ1n) is 20.4. The first-order valence-corrected chi connectivity index (χ1v) is 20.4. The highest BCUT2D eigenvalue weighted by Crippen LogP contribution is 2.29. The zero-order valence-electron chi connectivity index (χ0n) is 32.7. The van der Waals surface area contributed by atoms with Gasteiger partial charge in [0, 0.05) is 56.6 Å². The number of aryl methyl sites for hydroxylation is 1. The van der Waals surface area contributed by atoms with E-state index in [1.807, 2.05) is 19.1 Å². The number of aromatic nitrogens is 1. The number of carbonyl (C=O) groups excluding carboxylic acids is 6. The predicted molar refractivity (Wildman–Crippen MR) is 206 cm³/mol. The Hall–Kier alpha value is -4.95. The highest BCUT2D eigenvalue weighted by molar-refractivity contribution is 5.99. The lowest BCUT2D eigenvalue weighted by atomic mass is 9.93. The molecule has 2 aromatic rings. The Balaban J connectivity index is 1.14. The van der Waals surface area contributed by atoms with Crippen molar-refractivity contribution in [2.75, 3.05) is 52.5 Å². The molecule has 4 aliphatic rings. The number of fused-ring (bicyclic) bond motifs is 1. The molecule has 2 unspecified atom stereocenters. The van der Waals surface area contributed by atoms with Gasteiger partial charge in [0.1, 0.15) is 23.5 Å². The highest BCUT2D eigenvalue weighted by atomic mass is 16.6. The molecule has 56 heavy (non-hydrogen) atoms. The molecule has 2 aliphatic heterocycles. The van der Waals surface area contributed by atoms with Crippen LogP contribution in [0.15, 0.2) is 24.3 Å². The van der Waals surface area contributed by atoms with Crippen molar-refractivity contribution >= 4 is 46.6 Å². The van der Waals surface area contributed by atoms with E-state index in [1.54, 1.807) is 22.8 Å². The molecule has 1 aromatic carbocycles. The summed E-state index contributed by atoms with van der Waals surface area (Å²) in [4.78, 5) is 88.7. The Morgan fingerprint density at radius 2 is 1.62 bits per heavy atom. The Morgan fingerprint density at radius 1 is 0.875 bits per heavy atom. The van der Waals surface area contributed by atoms with Crippen molar-refractivity contribution in [3.63, 3.8) is 0 Å². The van der Waals surface area contributed by atoms with Gasteiger partial charge in [-0.25, -0.2) is 9.78 Å². The monoisotopic (exact) mass is 776 g/mol. The summed E-state index contributed by atoms with van der Waals surface area (Å²) in [5, 5.41) is 6.47. The minimum Gasteiger partial charge on any atom is -0.483 e. The summed E-state index contributed by atoms with van der Waals surface area (Å²) in [6.45, 7) is 5.29. The van der Waals surface area contributed by atoms with E-state index in [0.717, 1.165) is 50.5 Å². The third-order valence-electron chi connectivity index (χ3n) is 11.5. The normalized spacial score (nSPS) is 19.3. The fraction of sp³-hybridized carbons (Fsp3) is 0.634. The van der Waals surface area contributed by atoms with Crippen LogP contribution in [-0.4, -0.2) is 126 Å². The number of ether oxygens (including phenoxy) is 3. The Bertz CT molecular complexity index is 1750. The number of likely N-dealkylation sites (tertiary alicyclic amines) is 1. The quantitative estimate of drug-likeness (QED) is 0.253. The maximum absolute atomic E-state index is 14.0. The SMILES string of the molecule is CCOC(=O)N1CCN(C(=O)C(CCC(=O)OCCC2CCCC2)NC(=O)c2cc(OCC(=O)N3CCCC3C(=O)NC3CCC3)c3ccc(C)cc3n2)CC1. The van der Waals surface area contributed by atoms with Crippen LogP contribution in [0, 0.1) is 12.8 Å². The van der Waals surface area contributed by atoms with Crippen molar-refractivity contribution in [3.8, 4) is 5.75 Å². The molecule has 304 valence electrons. The highest BCUT2D eigenvalue weighted by Gasteiger charge is 2.36. The molecule has 2 saturated heterocycles. The maximum Gasteiger partial charge on any atom is 0.409 e. The van der Waals surface area contributed by atoms with E-state index in [0.29, 0.717) is 36.4 Å². The van der Waals surface area contributed by atoms with Crippen LogP contribution in [0.4, 0.5) is 4.79 Å². The van der Waals surface area contributed by atoms with Gasteiger partial charge in [0.15, 0.2) is 6.61 Å². The lowest BCUT2D eigenvalue weighted by Gasteiger charge is -2.36. The van der Waals surface area contributed by atoms with Crippen LogP contribution < -0.4 is 15.4 Å². The van der Waals surface area contributed by atoms with Gasteiger partial charge in [0.2, 0.25) is 11.8 Å². The first-order chi connectivity index (χ1) is 27.1. The lowest BCUT2D eigenvalue weighted by molar-refractivity contribution is -0.144. The van der Waals surface area contributed by atoms with E-state index in [2.05, 4.69) is 15.6 Å². The third kappa shape index (κ3) is 10.5. The minimum absolute atomic E-state index is 0.000793. The van der Waals surface area contributed by atoms with Gasteiger partial charge in [-0.2, -0.15) is 0 Å². The predicted octanol–water partition coefficient (Wildman–Crippen LogP) is 3.88. The standard InChI is InChI=1S/C41H56N6O9/c1-3-54-41(53)46-21-19-45(20-22-46)40(52)31(15-16-37(49)55-23-17-28-8-4-5-9-28)44-38(50)33-25-35(30-14-13-27(2)24-32(30)43-33)56-26-36(48)47-18-7-12-34(47)39(51)42-29-10-6-11-29/h13-14,24-25,28-29,31,34H,3-12,15-23,26H2,1-2H3,(H,42,51)(H,44,50). The topological polar surface area (TPSA) is 177 Å². The average molecular weight is 777 g/mol. The number of piperazine rings is 1. The summed E-state index contributed by atoms with van der Waals surface area (Å²) in [7, 11) is 0. The number of benzene rings is 1. The fourth-order valence-corrected chi connectivity index (χ4v) is 7.96. The average Bonchev–Trinajstić information content (AvgIpc) is 3.90. The molecule has 0 spiro atoms. The number of pyridine rings is 1. The zero-order chi connectivity index (χ0) is 39.6. The van der Waals surface area contributed by atoms with Crippen LogP contribution in [0.3, 0.4) is 0 Å². The third-order valence-corrected chi connectivity index (χ3v) is 11.5. The van der Waals surface area contributed by atoms with Crippen LogP contribution in [0.2, 0.25) is 0 Å². The second-order valence-electron chi connectivity index (χ2n) is 15.4. The van der Waals surface area contributed by atoms with Gasteiger partial charge in [-0.3, -0.25) is 24.0 Å². The maximum atomic E-state index is 14.0. The largest absolute Gasteiger partial charge is 0.483 e. The fourth-order valence-electron chi connectivity index (χ4n) is 7.96. The second-order valence-corrected chi connectivity index (χ2v) is 15.4. The van der Waals surface area contributed by atoms with E-state index in [4.69, 9.17) is 14.2 Å². The van der Waals surface area contributed by atoms with E-state index >= 15 is 0 Å². The molecule has 1 aromatic heterocycles. The molecule has 2 aliphatic carbocycles. The van der Waals surface area contributed by atoms with Crippen molar-refractivity contribution in [1.82, 2.24) is 30.3 Å². The number of hydrogen-bond acceptors (Lipinski definition) is 10. The van der Waals surface area contributed by atoms with Gasteiger partial charge in [-0.15, -0.1) is 0 Å². The van der Waals surface area contributed by atoms with E-state index in [-0.39, 0.29) is 87.4 Å². The number of amides is 5. The van der Waals surface area contributed by atoms with Crippen molar-refractivity contribution in [3.05, 3.63) is 35.5 Å². The Kier molecular flexibility index (Phi) is 14.0. The van der Waals surface area contributed by atoms with Crippen LogP contribution >= 0.6 is 0 Å². The van der Waals surface area contributed by atoms with Crippen LogP contribution in [0.5, 0.6) is 5.75 Å². The molecule has 5 amide bonds. The summed E-state index contributed by atoms with van der Waals surface area (Å²) in [6.07, 6.45) is 9.28. The summed E-state index contributed by atoms with van der Waals surface area (Å²) in [5.74, 6) is -1.13. The smallest absolute Gasteiger partial charge is 0.409 e. The number of carbonyl (C=O) groups is 6. The summed E-state index contributed by atoms with van der Waals surface area (Å²) in [6, 6.07) is 5.48. The van der Waals surface area contributed by atoms with E-state index in [1.165, 1.54) is 23.8 Å². The van der Waals surface area contributed by atoms with Gasteiger partial charge in [-0.1, -0.05) is 31.7 Å². The molecule has 4 fully saturated rings. The number of rotatable bonds is 15. The molecule has 2 N–H and O–H groups in total. The number of esters is 1. The van der Waals surface area contributed by atoms with Gasteiger partial charge < -0.3 is 39.5 Å². The molecule has 0 radical (unpaired) electrons. The number of nitrogens with one attached hydrogen (secondary N) is 2. The number of hydrogen-bond donors (Lipinski definition) is 2. The zero-order valence-corrected chi connectivity index (χ0v) is 32.7. The van der Waals surface area contributed by atoms with Gasteiger partial charge in [0.25, 0.3) is 11.8 Å². The Morgan fingerprint density at radius 3 is 2.34 bits per heavy atom. The van der Waals surface area contributed by atoms with Gasteiger partial charge in [-0.05, 0) is 82.4 Å². The van der Waals surface area contributed by atoms with Crippen LogP contribution in [-0.2, 0) is 28.7 Å². The van der Waals surface area contributed by atoms with Gasteiger partial charge >= 0.3 is 12.1 Å². The van der Waals surface area contributed by atoms with Crippen molar-refractivity contribution in [1.29, 1.82) is 0 Å². The molecule has 15 nitrogen and oxygen atoms in total. The molecule has 6 rings (SSSR count). The van der Waals surface area contributed by atoms with Gasteiger partial charge in [0.05, 0.1) is 18.7 Å². The molecule has 2 saturated carbocycles. The summed E-state index contributed by atoms with van der Waals surface area (Å²) >= 11 is 0. The van der Waals surface area contributed by atoms with Crippen molar-refractivity contribution in [2.45, 2.75) is 109 Å². The summed E-state index contributed by atoms with van der Waals surface area (Å²) in [5.41, 5.74) is 1.32. The van der Waals surface area contributed by atoms with E-state index in [9.17, 15) is 28.8 Å². The molecule has 0 bridgehead atoms. The van der Waals surface area contributed by atoms with Crippen LogP contribution in [0.25, 0.3) is 10.9 Å². The summed E-state index contributed by atoms with van der Waals surface area (Å²) < 4.78 is 16.7. The first kappa shape index (κ1) is 40.7. The van der Waals surface area contributed by atoms with Crippen molar-refractivity contribution < 1.29 is 43.0 Å². The molecular formula is C41H56N6O9. The minimum atomic E-state index is -1.09. The number of nitrogens with zero attached hydrogens (tertiary/aromatic N) is 4. The molecule has 2 atom stereocenters. The van der Waals surface area contributed by atoms with E-state index < -0.39 is 30.1 Å². The lowest BCUT2D eigenvalue weighted by Crippen LogP contribution is -2.56. The Labute approximate surface area is 328 Å². The molecule has 15 heteroatoms.